The van der Waals surface area contributed by atoms with Gasteiger partial charge in [-0.2, -0.15) is 0 Å². The number of esters is 1. The van der Waals surface area contributed by atoms with Crippen LogP contribution in [0.5, 0.6) is 5.75 Å². The molecule has 0 bridgehead atoms. The van der Waals surface area contributed by atoms with Gasteiger partial charge < -0.3 is 14.2 Å². The largest absolute Gasteiger partial charge is 0.493 e. The van der Waals surface area contributed by atoms with Crippen molar-refractivity contribution in [3.05, 3.63) is 47.8 Å². The Kier molecular flexibility index (Phi) is 9.65. The Labute approximate surface area is 210 Å². The predicted octanol–water partition coefficient (Wildman–Crippen LogP) is 3.39. The third-order valence-corrected chi connectivity index (χ3v) is 6.24. The molecule has 0 amide bonds. The third kappa shape index (κ3) is 6.52. The Hall–Kier alpha value is -3.64. The minimum atomic E-state index is -1.78. The SMILES string of the molecule is CCOC(=O)C(C)=NOC(=O)n1c(S(=O)Cc2nccc(OCCCOC)c2C)nc2ccccc21. The van der Waals surface area contributed by atoms with Crippen molar-refractivity contribution < 1.29 is 32.8 Å². The van der Waals surface area contributed by atoms with Crippen LogP contribution in [0.1, 0.15) is 31.5 Å². The molecular formula is C24H28N4O7S. The number of rotatable bonds is 11. The van der Waals surface area contributed by atoms with Gasteiger partial charge in [0.05, 0.1) is 46.5 Å². The first kappa shape index (κ1) is 27.0. The van der Waals surface area contributed by atoms with Gasteiger partial charge in [0.15, 0.2) is 5.71 Å². The number of ether oxygens (including phenoxy) is 3. The molecule has 1 unspecified atom stereocenters. The number of methoxy groups -OCH3 is 1. The van der Waals surface area contributed by atoms with Crippen LogP contribution < -0.4 is 4.74 Å². The van der Waals surface area contributed by atoms with Crippen LogP contribution in [0.3, 0.4) is 0 Å². The Morgan fingerprint density at radius 3 is 2.69 bits per heavy atom. The number of para-hydroxylation sites is 2. The molecule has 12 heteroatoms. The van der Waals surface area contributed by atoms with Crippen LogP contribution in [0.15, 0.2) is 46.8 Å². The number of aromatic nitrogens is 3. The molecule has 0 aliphatic heterocycles. The zero-order valence-electron chi connectivity index (χ0n) is 20.6. The van der Waals surface area contributed by atoms with Gasteiger partial charge in [0.2, 0.25) is 5.16 Å². The number of imidazole rings is 1. The lowest BCUT2D eigenvalue weighted by Gasteiger charge is -2.12. The van der Waals surface area contributed by atoms with E-state index < -0.39 is 22.9 Å². The molecule has 0 aliphatic carbocycles. The number of fused-ring (bicyclic) bond motifs is 1. The van der Waals surface area contributed by atoms with Crippen molar-refractivity contribution in [1.29, 1.82) is 0 Å². The molecule has 0 saturated heterocycles. The van der Waals surface area contributed by atoms with Crippen LogP contribution in [-0.2, 0) is 35.7 Å². The molecule has 3 rings (SSSR count). The number of oxime groups is 1. The molecule has 2 aromatic heterocycles. The molecule has 1 atom stereocenters. The van der Waals surface area contributed by atoms with Gasteiger partial charge in [0, 0.05) is 31.9 Å². The summed E-state index contributed by atoms with van der Waals surface area (Å²) in [6.45, 7) is 6.04. The second-order valence-corrected chi connectivity index (χ2v) is 8.88. The molecule has 0 aliphatic rings. The lowest BCUT2D eigenvalue weighted by atomic mass is 10.2. The lowest BCUT2D eigenvalue weighted by molar-refractivity contribution is -0.135. The van der Waals surface area contributed by atoms with Crippen molar-refractivity contribution in [2.24, 2.45) is 5.16 Å². The molecule has 0 spiro atoms. The topological polar surface area (TPSA) is 131 Å². The van der Waals surface area contributed by atoms with Gasteiger partial charge in [0.25, 0.3) is 0 Å². The minimum Gasteiger partial charge on any atom is -0.493 e. The Bertz CT molecular complexity index is 1290. The second kappa shape index (κ2) is 12.9. The average Bonchev–Trinajstić information content (AvgIpc) is 3.27. The van der Waals surface area contributed by atoms with Crippen molar-refractivity contribution in [1.82, 2.24) is 14.5 Å². The van der Waals surface area contributed by atoms with E-state index in [1.165, 1.54) is 6.92 Å². The van der Waals surface area contributed by atoms with Crippen LogP contribution >= 0.6 is 0 Å². The summed E-state index contributed by atoms with van der Waals surface area (Å²) in [5.74, 6) is -0.0942. The number of hydrogen-bond donors (Lipinski definition) is 0. The van der Waals surface area contributed by atoms with E-state index in [9.17, 15) is 13.8 Å². The minimum absolute atomic E-state index is 0.0111. The third-order valence-electron chi connectivity index (χ3n) is 5.02. The quantitative estimate of drug-likeness (QED) is 0.124. The lowest BCUT2D eigenvalue weighted by Crippen LogP contribution is -2.19. The highest BCUT2D eigenvalue weighted by Crippen LogP contribution is 2.24. The maximum Gasteiger partial charge on any atom is 0.446 e. The smallest absolute Gasteiger partial charge is 0.446 e. The van der Waals surface area contributed by atoms with E-state index in [4.69, 9.17) is 19.0 Å². The standard InChI is InChI=1S/C24H28N4O7S/c1-5-33-22(29)17(3)27-35-24(30)28-20-10-7-6-9-18(20)26-23(28)36(31)15-19-16(2)21(11-12-25-19)34-14-8-13-32-4/h6-7,9-12H,5,8,13-15H2,1-4H3. The molecule has 36 heavy (non-hydrogen) atoms. The fraction of sp³-hybridized carbons (Fsp3) is 0.375. The summed E-state index contributed by atoms with van der Waals surface area (Å²) in [5, 5.41) is 3.53. The molecule has 0 fully saturated rings. The first-order valence-electron chi connectivity index (χ1n) is 11.2. The summed E-state index contributed by atoms with van der Waals surface area (Å²) in [4.78, 5) is 38.4. The fourth-order valence-corrected chi connectivity index (χ4v) is 4.43. The van der Waals surface area contributed by atoms with E-state index in [1.807, 2.05) is 6.92 Å². The summed E-state index contributed by atoms with van der Waals surface area (Å²) in [6, 6.07) is 8.53. The normalized spacial score (nSPS) is 12.4. The van der Waals surface area contributed by atoms with Crippen molar-refractivity contribution >= 4 is 39.6 Å². The summed E-state index contributed by atoms with van der Waals surface area (Å²) in [5.41, 5.74) is 1.97. The van der Waals surface area contributed by atoms with E-state index in [1.54, 1.807) is 50.6 Å². The molecule has 11 nitrogen and oxygen atoms in total. The summed E-state index contributed by atoms with van der Waals surface area (Å²) in [6.07, 6.45) is 1.34. The number of benzene rings is 1. The molecule has 1 aromatic carbocycles. The van der Waals surface area contributed by atoms with E-state index in [0.29, 0.717) is 35.7 Å². The van der Waals surface area contributed by atoms with Gasteiger partial charge in [-0.3, -0.25) is 14.0 Å². The van der Waals surface area contributed by atoms with Crippen LogP contribution in [0.2, 0.25) is 0 Å². The Morgan fingerprint density at radius 1 is 1.17 bits per heavy atom. The first-order chi connectivity index (χ1) is 17.4. The molecule has 3 aromatic rings. The maximum atomic E-state index is 13.4. The number of pyridine rings is 1. The van der Waals surface area contributed by atoms with Crippen molar-refractivity contribution in [2.45, 2.75) is 38.1 Å². The van der Waals surface area contributed by atoms with Crippen LogP contribution in [0, 0.1) is 6.92 Å². The van der Waals surface area contributed by atoms with E-state index in [2.05, 4.69) is 15.1 Å². The second-order valence-electron chi connectivity index (χ2n) is 7.54. The average molecular weight is 517 g/mol. The van der Waals surface area contributed by atoms with Crippen molar-refractivity contribution in [2.75, 3.05) is 26.9 Å². The number of nitrogens with zero attached hydrogens (tertiary/aromatic N) is 4. The molecule has 0 N–H and O–H groups in total. The van der Waals surface area contributed by atoms with Crippen LogP contribution in [0.4, 0.5) is 4.79 Å². The number of carbonyl (C=O) groups is 2. The highest BCUT2D eigenvalue weighted by molar-refractivity contribution is 7.84. The number of hydrogen-bond acceptors (Lipinski definition) is 10. The molecule has 2 heterocycles. The van der Waals surface area contributed by atoms with E-state index in [-0.39, 0.29) is 23.2 Å². The highest BCUT2D eigenvalue weighted by Gasteiger charge is 2.24. The van der Waals surface area contributed by atoms with Crippen LogP contribution in [-0.4, -0.2) is 63.4 Å². The van der Waals surface area contributed by atoms with Gasteiger partial charge in [-0.1, -0.05) is 17.3 Å². The van der Waals surface area contributed by atoms with Crippen LogP contribution in [0.25, 0.3) is 11.0 Å². The van der Waals surface area contributed by atoms with E-state index >= 15 is 0 Å². The fourth-order valence-electron chi connectivity index (χ4n) is 3.19. The monoisotopic (exact) mass is 516 g/mol. The summed E-state index contributed by atoms with van der Waals surface area (Å²) in [7, 11) is -0.153. The van der Waals surface area contributed by atoms with Crippen molar-refractivity contribution in [3.63, 3.8) is 0 Å². The molecular weight excluding hydrogens is 488 g/mol. The summed E-state index contributed by atoms with van der Waals surface area (Å²) >= 11 is 0. The van der Waals surface area contributed by atoms with Gasteiger partial charge in [0.1, 0.15) is 5.75 Å². The predicted molar refractivity (Wildman–Crippen MR) is 132 cm³/mol. The van der Waals surface area contributed by atoms with Crippen molar-refractivity contribution in [3.8, 4) is 5.75 Å². The maximum absolute atomic E-state index is 13.4. The molecule has 0 saturated carbocycles. The van der Waals surface area contributed by atoms with Gasteiger partial charge >= 0.3 is 12.1 Å². The Balaban J connectivity index is 1.86. The molecule has 192 valence electrons. The number of carbonyl (C=O) groups excluding carboxylic acids is 2. The van der Waals surface area contributed by atoms with Gasteiger partial charge in [-0.05, 0) is 39.0 Å². The summed E-state index contributed by atoms with van der Waals surface area (Å²) < 4.78 is 30.2. The Morgan fingerprint density at radius 2 is 1.94 bits per heavy atom. The zero-order valence-corrected chi connectivity index (χ0v) is 21.4. The van der Waals surface area contributed by atoms with Gasteiger partial charge in [-0.25, -0.2) is 19.1 Å². The van der Waals surface area contributed by atoms with E-state index in [0.717, 1.165) is 16.6 Å². The van der Waals surface area contributed by atoms with Gasteiger partial charge in [-0.15, -0.1) is 0 Å². The first-order valence-corrected chi connectivity index (χ1v) is 12.5. The highest BCUT2D eigenvalue weighted by atomic mass is 32.2. The molecule has 0 radical (unpaired) electrons. The zero-order chi connectivity index (χ0) is 26.1.